The first-order chi connectivity index (χ1) is 20.2. The van der Waals surface area contributed by atoms with Crippen molar-refractivity contribution in [3.8, 4) is 11.5 Å². The average molecular weight is 607 g/mol. The molecule has 0 N–H and O–H groups in total. The number of ketones is 2. The van der Waals surface area contributed by atoms with Gasteiger partial charge in [-0.2, -0.15) is 0 Å². The summed E-state index contributed by atoms with van der Waals surface area (Å²) in [6, 6.07) is 16.5. The van der Waals surface area contributed by atoms with Crippen LogP contribution in [-0.4, -0.2) is 48.2 Å². The van der Waals surface area contributed by atoms with Crippen molar-refractivity contribution >= 4 is 11.6 Å². The monoisotopic (exact) mass is 606 g/mol. The summed E-state index contributed by atoms with van der Waals surface area (Å²) < 4.78 is 24.1. The van der Waals surface area contributed by atoms with Gasteiger partial charge in [0.05, 0.1) is 13.2 Å². The Morgan fingerprint density at radius 2 is 1.05 bits per heavy atom. The van der Waals surface area contributed by atoms with Crippen LogP contribution in [0.1, 0.15) is 93.2 Å². The van der Waals surface area contributed by atoms with Gasteiger partial charge in [-0.1, -0.05) is 65.1 Å². The van der Waals surface area contributed by atoms with Crippen LogP contribution in [0.4, 0.5) is 0 Å². The van der Waals surface area contributed by atoms with Gasteiger partial charge in [-0.25, -0.2) is 0 Å². The van der Waals surface area contributed by atoms with Crippen LogP contribution in [0.5, 0.6) is 11.5 Å². The molecule has 0 unspecified atom stereocenters. The zero-order valence-corrected chi connectivity index (χ0v) is 28.7. The van der Waals surface area contributed by atoms with Crippen LogP contribution in [0, 0.1) is 5.41 Å². The standard InChI is InChI=1S/C38H54O6/c1-13-32(39)37(9,10)42-25-23-34(3,4)27-41-30-19-15-28(16-20-30)36(7,8)29-17-21-31(22-18-29)44-35(5,6)24-26-43-38(11,12)33(40)14-2/h13-22H,1-2,23-27H2,3-12H3. The molecule has 0 spiro atoms. The molecule has 0 fully saturated rings. The summed E-state index contributed by atoms with van der Waals surface area (Å²) in [7, 11) is 0. The minimum absolute atomic E-state index is 0.121. The van der Waals surface area contributed by atoms with E-state index in [2.05, 4.69) is 65.1 Å². The highest BCUT2D eigenvalue weighted by atomic mass is 16.5. The third-order valence-corrected chi connectivity index (χ3v) is 8.14. The van der Waals surface area contributed by atoms with Crippen LogP contribution in [-0.2, 0) is 24.5 Å². The largest absolute Gasteiger partial charge is 0.493 e. The van der Waals surface area contributed by atoms with Crippen LogP contribution in [0.3, 0.4) is 0 Å². The van der Waals surface area contributed by atoms with Gasteiger partial charge in [0, 0.05) is 23.9 Å². The number of rotatable bonds is 19. The molecular weight excluding hydrogens is 552 g/mol. The Kier molecular flexibility index (Phi) is 12.4. The molecular formula is C38H54O6. The molecule has 0 aliphatic carbocycles. The average Bonchev–Trinajstić information content (AvgIpc) is 2.95. The van der Waals surface area contributed by atoms with Gasteiger partial charge < -0.3 is 18.9 Å². The van der Waals surface area contributed by atoms with Gasteiger partial charge >= 0.3 is 0 Å². The van der Waals surface area contributed by atoms with Crippen molar-refractivity contribution in [1.29, 1.82) is 0 Å². The maximum absolute atomic E-state index is 12.0. The van der Waals surface area contributed by atoms with Gasteiger partial charge in [-0.05, 0) is 95.5 Å². The molecule has 2 rings (SSSR count). The van der Waals surface area contributed by atoms with Crippen LogP contribution >= 0.6 is 0 Å². The molecule has 0 aliphatic heterocycles. The summed E-state index contributed by atoms with van der Waals surface area (Å²) in [5.74, 6) is 1.34. The van der Waals surface area contributed by atoms with E-state index in [0.29, 0.717) is 26.2 Å². The van der Waals surface area contributed by atoms with Crippen molar-refractivity contribution in [2.24, 2.45) is 5.41 Å². The highest BCUT2D eigenvalue weighted by Crippen LogP contribution is 2.34. The fourth-order valence-electron chi connectivity index (χ4n) is 4.56. The lowest BCUT2D eigenvalue weighted by Crippen LogP contribution is -2.37. The molecule has 0 bridgehead atoms. The van der Waals surface area contributed by atoms with E-state index >= 15 is 0 Å². The topological polar surface area (TPSA) is 71.1 Å². The predicted molar refractivity (Wildman–Crippen MR) is 179 cm³/mol. The van der Waals surface area contributed by atoms with E-state index in [1.807, 2.05) is 38.1 Å². The Morgan fingerprint density at radius 3 is 1.48 bits per heavy atom. The molecule has 0 saturated carbocycles. The van der Waals surface area contributed by atoms with Gasteiger partial charge in [-0.15, -0.1) is 0 Å². The van der Waals surface area contributed by atoms with Gasteiger partial charge in [0.1, 0.15) is 28.3 Å². The summed E-state index contributed by atoms with van der Waals surface area (Å²) in [5, 5.41) is 0. The van der Waals surface area contributed by atoms with Crippen LogP contribution in [0.25, 0.3) is 0 Å². The molecule has 0 amide bonds. The Hall–Kier alpha value is -3.22. The third-order valence-electron chi connectivity index (χ3n) is 8.14. The van der Waals surface area contributed by atoms with E-state index in [-0.39, 0.29) is 22.4 Å². The number of ether oxygens (including phenoxy) is 4. The lowest BCUT2D eigenvalue weighted by molar-refractivity contribution is -0.136. The van der Waals surface area contributed by atoms with Gasteiger partial charge in [-0.3, -0.25) is 9.59 Å². The van der Waals surface area contributed by atoms with Gasteiger partial charge in [0.15, 0.2) is 11.6 Å². The first kappa shape index (κ1) is 37.0. The van der Waals surface area contributed by atoms with Crippen molar-refractivity contribution in [3.05, 3.63) is 85.0 Å². The van der Waals surface area contributed by atoms with E-state index < -0.39 is 16.8 Å². The summed E-state index contributed by atoms with van der Waals surface area (Å²) in [5.41, 5.74) is -0.241. The molecule has 0 atom stereocenters. The molecule has 0 heterocycles. The van der Waals surface area contributed by atoms with Crippen molar-refractivity contribution in [1.82, 2.24) is 0 Å². The van der Waals surface area contributed by atoms with E-state index in [1.54, 1.807) is 27.7 Å². The zero-order chi connectivity index (χ0) is 33.4. The van der Waals surface area contributed by atoms with Crippen LogP contribution in [0.15, 0.2) is 73.8 Å². The molecule has 0 aliphatic rings. The van der Waals surface area contributed by atoms with Gasteiger partial charge in [0.2, 0.25) is 0 Å². The Bertz CT molecular complexity index is 1260. The normalized spacial score (nSPS) is 12.9. The number of carbonyl (C=O) groups is 2. The van der Waals surface area contributed by atoms with Crippen molar-refractivity contribution in [3.63, 3.8) is 0 Å². The summed E-state index contributed by atoms with van der Waals surface area (Å²) in [6.07, 6.45) is 3.99. The van der Waals surface area contributed by atoms with Crippen molar-refractivity contribution in [2.45, 2.75) is 104 Å². The van der Waals surface area contributed by atoms with Crippen molar-refractivity contribution in [2.75, 3.05) is 19.8 Å². The highest BCUT2D eigenvalue weighted by molar-refractivity contribution is 5.96. The van der Waals surface area contributed by atoms with Crippen LogP contribution in [0.2, 0.25) is 0 Å². The first-order valence-corrected chi connectivity index (χ1v) is 15.4. The van der Waals surface area contributed by atoms with Crippen LogP contribution < -0.4 is 9.47 Å². The third kappa shape index (κ3) is 10.7. The van der Waals surface area contributed by atoms with E-state index in [9.17, 15) is 9.59 Å². The predicted octanol–water partition coefficient (Wildman–Crippen LogP) is 8.46. The maximum atomic E-state index is 12.0. The lowest BCUT2D eigenvalue weighted by Gasteiger charge is -2.30. The molecule has 242 valence electrons. The Labute approximate surface area is 265 Å². The molecule has 44 heavy (non-hydrogen) atoms. The Balaban J connectivity index is 1.94. The second-order valence-corrected chi connectivity index (χ2v) is 14.3. The number of hydrogen-bond donors (Lipinski definition) is 0. The minimum Gasteiger partial charge on any atom is -0.493 e. The van der Waals surface area contributed by atoms with Gasteiger partial charge in [0.25, 0.3) is 0 Å². The SMILES string of the molecule is C=CC(=O)C(C)(C)OCCC(C)(C)COc1ccc(C(C)(C)c2ccc(OC(C)(C)CCOC(C)(C)C(=O)C=C)cc2)cc1. The van der Waals surface area contributed by atoms with E-state index in [0.717, 1.165) is 17.9 Å². The highest BCUT2D eigenvalue weighted by Gasteiger charge is 2.29. The molecule has 6 heteroatoms. The van der Waals surface area contributed by atoms with Crippen molar-refractivity contribution < 1.29 is 28.5 Å². The minimum atomic E-state index is -0.895. The first-order valence-electron chi connectivity index (χ1n) is 15.4. The zero-order valence-electron chi connectivity index (χ0n) is 28.7. The number of benzene rings is 2. The molecule has 6 nitrogen and oxygen atoms in total. The second kappa shape index (κ2) is 14.7. The Morgan fingerprint density at radius 1 is 0.636 bits per heavy atom. The molecule has 0 saturated heterocycles. The molecule has 0 aromatic heterocycles. The number of carbonyl (C=O) groups excluding carboxylic acids is 2. The van der Waals surface area contributed by atoms with E-state index in [1.165, 1.54) is 23.3 Å². The quantitative estimate of drug-likeness (QED) is 0.149. The molecule has 2 aromatic rings. The lowest BCUT2D eigenvalue weighted by atomic mass is 9.78. The summed E-state index contributed by atoms with van der Waals surface area (Å²) >= 11 is 0. The second-order valence-electron chi connectivity index (χ2n) is 14.3. The fraction of sp³-hybridized carbons (Fsp3) is 0.526. The molecule has 0 radical (unpaired) electrons. The smallest absolute Gasteiger partial charge is 0.186 e. The van der Waals surface area contributed by atoms with E-state index in [4.69, 9.17) is 18.9 Å². The number of hydrogen-bond acceptors (Lipinski definition) is 6. The summed E-state index contributed by atoms with van der Waals surface area (Å²) in [4.78, 5) is 23.9. The maximum Gasteiger partial charge on any atom is 0.186 e. The molecule has 2 aromatic carbocycles. The summed E-state index contributed by atoms with van der Waals surface area (Å²) in [6.45, 7) is 28.2. The fourth-order valence-corrected chi connectivity index (χ4v) is 4.56.